The maximum Gasteiger partial charge on any atom is 0.311 e. The van der Waals surface area contributed by atoms with Crippen LogP contribution >= 0.6 is 0 Å². The van der Waals surface area contributed by atoms with Crippen LogP contribution in [0.3, 0.4) is 0 Å². The van der Waals surface area contributed by atoms with Crippen LogP contribution in [0.1, 0.15) is 28.4 Å². The van der Waals surface area contributed by atoms with Gasteiger partial charge in [-0.2, -0.15) is 0 Å². The lowest BCUT2D eigenvalue weighted by Gasteiger charge is -2.22. The van der Waals surface area contributed by atoms with Crippen molar-refractivity contribution < 1.29 is 14.5 Å². The molecular weight excluding hydrogens is 308 g/mol. The van der Waals surface area contributed by atoms with E-state index >= 15 is 0 Å². The number of carbonyl (C=O) groups is 1. The van der Waals surface area contributed by atoms with E-state index in [0.29, 0.717) is 6.54 Å². The van der Waals surface area contributed by atoms with Gasteiger partial charge >= 0.3 is 5.69 Å². The Morgan fingerprint density at radius 1 is 1.17 bits per heavy atom. The minimum atomic E-state index is -0.553. The van der Waals surface area contributed by atoms with Crippen molar-refractivity contribution in [1.82, 2.24) is 0 Å². The molecule has 0 N–H and O–H groups in total. The highest BCUT2D eigenvalue weighted by atomic mass is 16.6. The average molecular weight is 328 g/mol. The highest BCUT2D eigenvalue weighted by molar-refractivity contribution is 6.06. The summed E-state index contributed by atoms with van der Waals surface area (Å²) in [5, 5.41) is 11.2. The van der Waals surface area contributed by atoms with Crippen molar-refractivity contribution in [2.45, 2.75) is 20.8 Å². The lowest BCUT2D eigenvalue weighted by atomic mass is 10.1. The number of nitro groups is 1. The van der Waals surface area contributed by atoms with E-state index in [1.807, 2.05) is 39.0 Å². The van der Waals surface area contributed by atoms with Gasteiger partial charge in [-0.3, -0.25) is 14.9 Å². The summed E-state index contributed by atoms with van der Waals surface area (Å²) >= 11 is 0. The quantitative estimate of drug-likeness (QED) is 0.616. The van der Waals surface area contributed by atoms with Gasteiger partial charge in [0.05, 0.1) is 12.0 Å². The summed E-state index contributed by atoms with van der Waals surface area (Å²) in [4.78, 5) is 25.0. The van der Waals surface area contributed by atoms with Gasteiger partial charge in [-0.1, -0.05) is 6.07 Å². The van der Waals surface area contributed by atoms with Crippen molar-refractivity contribution >= 4 is 17.3 Å². The number of aryl methyl sites for hydroxylation is 2. The number of anilines is 1. The number of amides is 1. The fourth-order valence-electron chi connectivity index (χ4n) is 2.67. The van der Waals surface area contributed by atoms with E-state index in [2.05, 4.69) is 0 Å². The van der Waals surface area contributed by atoms with Crippen LogP contribution in [0.2, 0.25) is 0 Å². The molecule has 0 heterocycles. The van der Waals surface area contributed by atoms with Crippen molar-refractivity contribution in [2.24, 2.45) is 0 Å². The third-order valence-corrected chi connectivity index (χ3v) is 3.70. The number of methoxy groups -OCH3 is 1. The molecular formula is C18H20N2O4. The first-order valence-corrected chi connectivity index (χ1v) is 7.60. The first-order chi connectivity index (χ1) is 11.4. The Morgan fingerprint density at radius 2 is 1.79 bits per heavy atom. The lowest BCUT2D eigenvalue weighted by molar-refractivity contribution is -0.385. The van der Waals surface area contributed by atoms with E-state index in [-0.39, 0.29) is 22.9 Å². The predicted molar refractivity (Wildman–Crippen MR) is 92.9 cm³/mol. The van der Waals surface area contributed by atoms with Crippen LogP contribution in [0.15, 0.2) is 36.4 Å². The molecule has 0 aliphatic heterocycles. The summed E-state index contributed by atoms with van der Waals surface area (Å²) < 4.78 is 4.98. The van der Waals surface area contributed by atoms with E-state index < -0.39 is 4.92 Å². The fourth-order valence-corrected chi connectivity index (χ4v) is 2.67. The Bertz CT molecular complexity index is 766. The van der Waals surface area contributed by atoms with E-state index in [1.165, 1.54) is 19.2 Å². The molecule has 2 aromatic carbocycles. The van der Waals surface area contributed by atoms with Gasteiger partial charge in [0.25, 0.3) is 5.91 Å². The molecule has 2 aromatic rings. The second kappa shape index (κ2) is 7.12. The van der Waals surface area contributed by atoms with Crippen molar-refractivity contribution in [3.8, 4) is 5.75 Å². The second-order valence-corrected chi connectivity index (χ2v) is 5.54. The zero-order valence-electron chi connectivity index (χ0n) is 14.2. The van der Waals surface area contributed by atoms with Crippen LogP contribution < -0.4 is 9.64 Å². The van der Waals surface area contributed by atoms with Crippen LogP contribution in [0.4, 0.5) is 11.4 Å². The van der Waals surface area contributed by atoms with E-state index in [4.69, 9.17) is 4.74 Å². The molecule has 126 valence electrons. The van der Waals surface area contributed by atoms with E-state index in [1.54, 1.807) is 11.0 Å². The molecule has 0 saturated heterocycles. The molecule has 0 fully saturated rings. The zero-order valence-corrected chi connectivity index (χ0v) is 14.2. The highest BCUT2D eigenvalue weighted by Crippen LogP contribution is 2.29. The molecule has 0 saturated carbocycles. The molecule has 1 amide bonds. The standard InChI is InChI=1S/C18H20N2O4/c1-5-19(15-9-12(2)8-13(3)10-15)18(21)14-6-7-17(24-4)16(11-14)20(22)23/h6-11H,5H2,1-4H3. The largest absolute Gasteiger partial charge is 0.490 e. The number of hydrogen-bond acceptors (Lipinski definition) is 4. The topological polar surface area (TPSA) is 72.7 Å². The Balaban J connectivity index is 2.45. The summed E-state index contributed by atoms with van der Waals surface area (Å²) in [5.74, 6) is -0.153. The smallest absolute Gasteiger partial charge is 0.311 e. The van der Waals surface area contributed by atoms with Crippen LogP contribution in [0, 0.1) is 24.0 Å². The minimum Gasteiger partial charge on any atom is -0.490 e. The third-order valence-electron chi connectivity index (χ3n) is 3.70. The van der Waals surface area contributed by atoms with Crippen LogP contribution in [0.5, 0.6) is 5.75 Å². The summed E-state index contributed by atoms with van der Waals surface area (Å²) in [5.41, 5.74) is 2.91. The monoisotopic (exact) mass is 328 g/mol. The number of ether oxygens (including phenoxy) is 1. The number of nitro benzene ring substituents is 1. The molecule has 24 heavy (non-hydrogen) atoms. The fraction of sp³-hybridized carbons (Fsp3) is 0.278. The third kappa shape index (κ3) is 3.53. The molecule has 0 aliphatic carbocycles. The highest BCUT2D eigenvalue weighted by Gasteiger charge is 2.22. The summed E-state index contributed by atoms with van der Waals surface area (Å²) in [6, 6.07) is 10.1. The molecule has 0 atom stereocenters. The summed E-state index contributed by atoms with van der Waals surface area (Å²) in [6.07, 6.45) is 0. The maximum absolute atomic E-state index is 12.8. The Labute approximate surface area is 140 Å². The molecule has 0 unspecified atom stereocenters. The van der Waals surface area contributed by atoms with Gasteiger partial charge in [-0.15, -0.1) is 0 Å². The Morgan fingerprint density at radius 3 is 2.29 bits per heavy atom. The van der Waals surface area contributed by atoms with Crippen molar-refractivity contribution in [3.63, 3.8) is 0 Å². The van der Waals surface area contributed by atoms with Crippen molar-refractivity contribution in [1.29, 1.82) is 0 Å². The number of carbonyl (C=O) groups excluding carboxylic acids is 1. The van der Waals surface area contributed by atoms with E-state index in [9.17, 15) is 14.9 Å². The SMILES string of the molecule is CCN(C(=O)c1ccc(OC)c([N+](=O)[O-])c1)c1cc(C)cc(C)c1. The average Bonchev–Trinajstić information content (AvgIpc) is 2.53. The van der Waals surface area contributed by atoms with Gasteiger partial charge < -0.3 is 9.64 Å². The van der Waals surface area contributed by atoms with E-state index in [0.717, 1.165) is 16.8 Å². The number of benzene rings is 2. The molecule has 0 spiro atoms. The number of hydrogen-bond donors (Lipinski definition) is 0. The normalized spacial score (nSPS) is 10.3. The second-order valence-electron chi connectivity index (χ2n) is 5.54. The van der Waals surface area contributed by atoms with Gasteiger partial charge in [0.15, 0.2) is 5.75 Å². The van der Waals surface area contributed by atoms with Gasteiger partial charge in [0, 0.05) is 23.9 Å². The predicted octanol–water partition coefficient (Wildman–Crippen LogP) is 3.89. The van der Waals surface area contributed by atoms with Crippen molar-refractivity contribution in [2.75, 3.05) is 18.6 Å². The van der Waals surface area contributed by atoms with Gasteiger partial charge in [-0.25, -0.2) is 0 Å². The van der Waals surface area contributed by atoms with Crippen molar-refractivity contribution in [3.05, 3.63) is 63.2 Å². The summed E-state index contributed by atoms with van der Waals surface area (Å²) in [7, 11) is 1.36. The van der Waals surface area contributed by atoms with Gasteiger partial charge in [0.1, 0.15) is 0 Å². The first kappa shape index (κ1) is 17.5. The van der Waals surface area contributed by atoms with Crippen LogP contribution in [-0.4, -0.2) is 24.5 Å². The van der Waals surface area contributed by atoms with Crippen LogP contribution in [-0.2, 0) is 0 Å². The molecule has 6 heteroatoms. The number of rotatable bonds is 5. The minimum absolute atomic E-state index is 0.131. The molecule has 0 aliphatic rings. The molecule has 0 radical (unpaired) electrons. The maximum atomic E-state index is 12.8. The lowest BCUT2D eigenvalue weighted by Crippen LogP contribution is -2.30. The van der Waals surface area contributed by atoms with Gasteiger partial charge in [0.2, 0.25) is 0 Å². The summed E-state index contributed by atoms with van der Waals surface area (Å²) in [6.45, 7) is 6.26. The number of nitrogens with zero attached hydrogens (tertiary/aromatic N) is 2. The molecule has 2 rings (SSSR count). The zero-order chi connectivity index (χ0) is 17.9. The Hall–Kier alpha value is -2.89. The van der Waals surface area contributed by atoms with Gasteiger partial charge in [-0.05, 0) is 56.2 Å². The van der Waals surface area contributed by atoms with Crippen LogP contribution in [0.25, 0.3) is 0 Å². The molecule has 0 bridgehead atoms. The molecule has 6 nitrogen and oxygen atoms in total. The Kier molecular flexibility index (Phi) is 5.18. The first-order valence-electron chi connectivity index (χ1n) is 7.60. The molecule has 0 aromatic heterocycles.